The number of carbonyl (C=O) groups is 1. The normalized spacial score (nSPS) is 10.2. The third kappa shape index (κ3) is 3.34. The number of carbonyl (C=O) groups excluding carboxylic acids is 1. The van der Waals surface area contributed by atoms with Crippen LogP contribution in [0.1, 0.15) is 28.5 Å². The van der Waals surface area contributed by atoms with Crippen LogP contribution in [0.2, 0.25) is 0 Å². The second kappa shape index (κ2) is 6.04. The number of rotatable bonds is 4. The number of amides is 1. The van der Waals surface area contributed by atoms with Gasteiger partial charge in [-0.3, -0.25) is 9.78 Å². The monoisotopic (exact) mass is 259 g/mol. The predicted octanol–water partition coefficient (Wildman–Crippen LogP) is 2.11. The third-order valence-electron chi connectivity index (χ3n) is 2.77. The molecular weight excluding hydrogens is 245 g/mol. The first-order valence-electron chi connectivity index (χ1n) is 6.03. The van der Waals surface area contributed by atoms with Crippen LogP contribution in [0, 0.1) is 5.95 Å². The smallest absolute Gasteiger partial charge is 0.253 e. The maximum atomic E-state index is 12.6. The van der Waals surface area contributed by atoms with Crippen molar-refractivity contribution < 1.29 is 9.18 Å². The van der Waals surface area contributed by atoms with Crippen molar-refractivity contribution in [3.63, 3.8) is 0 Å². The number of nitrogens with one attached hydrogen (secondary N) is 1. The average molecular weight is 259 g/mol. The van der Waals surface area contributed by atoms with Crippen molar-refractivity contribution in [2.45, 2.75) is 19.9 Å². The highest BCUT2D eigenvalue weighted by molar-refractivity contribution is 5.93. The van der Waals surface area contributed by atoms with Crippen LogP contribution in [-0.2, 0) is 13.0 Å². The van der Waals surface area contributed by atoms with Crippen LogP contribution < -0.4 is 5.32 Å². The Morgan fingerprint density at radius 3 is 2.84 bits per heavy atom. The summed E-state index contributed by atoms with van der Waals surface area (Å²) in [5.41, 5.74) is 2.27. The van der Waals surface area contributed by atoms with Crippen LogP contribution in [0.3, 0.4) is 0 Å². The van der Waals surface area contributed by atoms with Crippen LogP contribution in [0.5, 0.6) is 0 Å². The highest BCUT2D eigenvalue weighted by Gasteiger charge is 2.08. The minimum Gasteiger partial charge on any atom is -0.346 e. The van der Waals surface area contributed by atoms with Crippen molar-refractivity contribution in [1.29, 1.82) is 0 Å². The summed E-state index contributed by atoms with van der Waals surface area (Å²) in [6, 6.07) is 6.41. The molecule has 2 heterocycles. The molecule has 0 saturated heterocycles. The number of hydrogen-bond acceptors (Lipinski definition) is 3. The molecule has 0 atom stereocenters. The first kappa shape index (κ1) is 13.1. The summed E-state index contributed by atoms with van der Waals surface area (Å²) in [5, 5.41) is 2.75. The van der Waals surface area contributed by atoms with Gasteiger partial charge in [0.25, 0.3) is 5.91 Å². The number of aryl methyl sites for hydroxylation is 1. The molecule has 1 N–H and O–H groups in total. The average Bonchev–Trinajstić information content (AvgIpc) is 2.45. The van der Waals surface area contributed by atoms with Gasteiger partial charge in [-0.25, -0.2) is 4.98 Å². The molecule has 98 valence electrons. The van der Waals surface area contributed by atoms with Crippen LogP contribution in [0.4, 0.5) is 4.39 Å². The molecule has 0 bridgehead atoms. The number of aromatic nitrogens is 2. The summed E-state index contributed by atoms with van der Waals surface area (Å²) in [4.78, 5) is 19.5. The van der Waals surface area contributed by atoms with Gasteiger partial charge in [0, 0.05) is 12.4 Å². The van der Waals surface area contributed by atoms with Crippen molar-refractivity contribution in [2.24, 2.45) is 0 Å². The van der Waals surface area contributed by atoms with E-state index in [1.807, 2.05) is 19.1 Å². The molecule has 0 aliphatic heterocycles. The fraction of sp³-hybridized carbons (Fsp3) is 0.214. The first-order chi connectivity index (χ1) is 9.20. The minimum atomic E-state index is -0.602. The maximum absolute atomic E-state index is 12.6. The SMILES string of the molecule is CCc1cccnc1CNC(=O)c1ccc(F)nc1. The molecule has 19 heavy (non-hydrogen) atoms. The van der Waals surface area contributed by atoms with E-state index in [-0.39, 0.29) is 5.91 Å². The summed E-state index contributed by atoms with van der Waals surface area (Å²) in [5.74, 6) is -0.894. The highest BCUT2D eigenvalue weighted by atomic mass is 19.1. The number of nitrogens with zero attached hydrogens (tertiary/aromatic N) is 2. The zero-order valence-corrected chi connectivity index (χ0v) is 10.6. The third-order valence-corrected chi connectivity index (χ3v) is 2.77. The summed E-state index contributed by atoms with van der Waals surface area (Å²) in [6.45, 7) is 2.38. The Morgan fingerprint density at radius 2 is 2.16 bits per heavy atom. The molecule has 5 heteroatoms. The zero-order chi connectivity index (χ0) is 13.7. The van der Waals surface area contributed by atoms with Gasteiger partial charge in [0.1, 0.15) is 0 Å². The Hall–Kier alpha value is -2.30. The highest BCUT2D eigenvalue weighted by Crippen LogP contribution is 2.06. The van der Waals surface area contributed by atoms with Crippen molar-refractivity contribution in [2.75, 3.05) is 0 Å². The van der Waals surface area contributed by atoms with Gasteiger partial charge in [0.15, 0.2) is 0 Å². The Balaban J connectivity index is 2.02. The molecular formula is C14H14FN3O. The lowest BCUT2D eigenvalue weighted by atomic mass is 10.1. The molecule has 0 unspecified atom stereocenters. The number of halogens is 1. The molecule has 0 aliphatic rings. The lowest BCUT2D eigenvalue weighted by Crippen LogP contribution is -2.24. The van der Waals surface area contributed by atoms with Crippen molar-refractivity contribution in [3.8, 4) is 0 Å². The lowest BCUT2D eigenvalue weighted by molar-refractivity contribution is 0.0950. The molecule has 0 aromatic carbocycles. The van der Waals surface area contributed by atoms with Gasteiger partial charge in [-0.2, -0.15) is 4.39 Å². The molecule has 0 radical (unpaired) electrons. The summed E-state index contributed by atoms with van der Waals surface area (Å²) >= 11 is 0. The maximum Gasteiger partial charge on any atom is 0.253 e. The first-order valence-corrected chi connectivity index (χ1v) is 6.03. The van der Waals surface area contributed by atoms with E-state index in [2.05, 4.69) is 15.3 Å². The van der Waals surface area contributed by atoms with E-state index in [0.717, 1.165) is 23.7 Å². The standard InChI is InChI=1S/C14H14FN3O/c1-2-10-4-3-7-16-12(10)9-18-14(19)11-5-6-13(15)17-8-11/h3-8H,2,9H2,1H3,(H,18,19). The lowest BCUT2D eigenvalue weighted by Gasteiger charge is -2.08. The largest absolute Gasteiger partial charge is 0.346 e. The van der Waals surface area contributed by atoms with Crippen molar-refractivity contribution >= 4 is 5.91 Å². The fourth-order valence-electron chi connectivity index (χ4n) is 1.73. The zero-order valence-electron chi connectivity index (χ0n) is 10.6. The Bertz CT molecular complexity index is 569. The molecule has 4 nitrogen and oxygen atoms in total. The topological polar surface area (TPSA) is 54.9 Å². The van der Waals surface area contributed by atoms with E-state index in [9.17, 15) is 9.18 Å². The van der Waals surface area contributed by atoms with Gasteiger partial charge in [0.05, 0.1) is 17.8 Å². The number of pyridine rings is 2. The minimum absolute atomic E-state index is 0.291. The molecule has 0 fully saturated rings. The van der Waals surface area contributed by atoms with E-state index in [0.29, 0.717) is 12.1 Å². The van der Waals surface area contributed by atoms with E-state index in [1.54, 1.807) is 6.20 Å². The molecule has 0 saturated carbocycles. The molecule has 0 spiro atoms. The van der Waals surface area contributed by atoms with Gasteiger partial charge in [-0.15, -0.1) is 0 Å². The second-order valence-electron chi connectivity index (χ2n) is 4.02. The molecule has 2 rings (SSSR count). The predicted molar refractivity (Wildman–Crippen MR) is 69.0 cm³/mol. The second-order valence-corrected chi connectivity index (χ2v) is 4.02. The van der Waals surface area contributed by atoms with Crippen LogP contribution in [0.15, 0.2) is 36.7 Å². The van der Waals surface area contributed by atoms with Gasteiger partial charge < -0.3 is 5.32 Å². The molecule has 0 aliphatic carbocycles. The van der Waals surface area contributed by atoms with Gasteiger partial charge >= 0.3 is 0 Å². The van der Waals surface area contributed by atoms with Crippen LogP contribution >= 0.6 is 0 Å². The van der Waals surface area contributed by atoms with Crippen molar-refractivity contribution in [1.82, 2.24) is 15.3 Å². The van der Waals surface area contributed by atoms with Gasteiger partial charge in [-0.05, 0) is 30.2 Å². The van der Waals surface area contributed by atoms with Crippen molar-refractivity contribution in [3.05, 3.63) is 59.4 Å². The van der Waals surface area contributed by atoms with Gasteiger partial charge in [-0.1, -0.05) is 13.0 Å². The molecule has 2 aromatic rings. The Morgan fingerprint density at radius 1 is 1.32 bits per heavy atom. The summed E-state index contributed by atoms with van der Waals surface area (Å²) < 4.78 is 12.6. The summed E-state index contributed by atoms with van der Waals surface area (Å²) in [6.07, 6.45) is 3.76. The Labute approximate surface area is 110 Å². The molecule has 1 amide bonds. The fourth-order valence-corrected chi connectivity index (χ4v) is 1.73. The van der Waals surface area contributed by atoms with Gasteiger partial charge in [0.2, 0.25) is 5.95 Å². The Kier molecular flexibility index (Phi) is 4.18. The molecule has 2 aromatic heterocycles. The number of hydrogen-bond donors (Lipinski definition) is 1. The summed E-state index contributed by atoms with van der Waals surface area (Å²) in [7, 11) is 0. The van der Waals surface area contributed by atoms with E-state index >= 15 is 0 Å². The van der Waals surface area contributed by atoms with Crippen LogP contribution in [-0.4, -0.2) is 15.9 Å². The van der Waals surface area contributed by atoms with E-state index in [1.165, 1.54) is 12.3 Å². The van der Waals surface area contributed by atoms with Crippen LogP contribution in [0.25, 0.3) is 0 Å². The van der Waals surface area contributed by atoms with E-state index in [4.69, 9.17) is 0 Å². The quantitative estimate of drug-likeness (QED) is 0.855. The van der Waals surface area contributed by atoms with E-state index < -0.39 is 5.95 Å².